The van der Waals surface area contributed by atoms with Gasteiger partial charge in [-0.2, -0.15) is 0 Å². The first-order chi connectivity index (χ1) is 14.8. The van der Waals surface area contributed by atoms with Gasteiger partial charge < -0.3 is 19.3 Å². The Balaban J connectivity index is 2.88. The molecule has 0 spiro atoms. The number of hydrogen-bond acceptors (Lipinski definition) is 4. The predicted octanol–water partition coefficient (Wildman–Crippen LogP) is 6.23. The third-order valence-electron chi connectivity index (χ3n) is 6.44. The lowest BCUT2D eigenvalue weighted by molar-refractivity contribution is -0.137. The van der Waals surface area contributed by atoms with E-state index in [1.807, 2.05) is 6.07 Å². The number of carboxylic acids is 1. The number of benzene rings is 1. The van der Waals surface area contributed by atoms with Crippen LogP contribution in [0.4, 0.5) is 0 Å². The Kier molecular flexibility index (Phi) is 13.3. The molecule has 1 rings (SSSR count). The van der Waals surface area contributed by atoms with Crippen LogP contribution < -0.4 is 9.47 Å². The first-order valence-electron chi connectivity index (χ1n) is 11.8. The Morgan fingerprint density at radius 1 is 1.03 bits per heavy atom. The molecule has 5 heteroatoms. The molecular weight excluding hydrogens is 392 g/mol. The molecule has 0 aromatic heterocycles. The number of aliphatic carboxylic acids is 1. The normalized spacial score (nSPS) is 14.3. The van der Waals surface area contributed by atoms with Crippen LogP contribution in [0.25, 0.3) is 0 Å². The summed E-state index contributed by atoms with van der Waals surface area (Å²) in [5, 5.41) is 9.02. The van der Waals surface area contributed by atoms with Gasteiger partial charge >= 0.3 is 5.97 Å². The van der Waals surface area contributed by atoms with Crippen LogP contribution in [-0.2, 0) is 16.0 Å². The van der Waals surface area contributed by atoms with Crippen LogP contribution in [0.1, 0.15) is 71.8 Å². The molecule has 0 aliphatic carbocycles. The monoisotopic (exact) mass is 436 g/mol. The summed E-state index contributed by atoms with van der Waals surface area (Å²) in [6, 6.07) is 6.25. The van der Waals surface area contributed by atoms with Gasteiger partial charge in [0, 0.05) is 26.6 Å². The van der Waals surface area contributed by atoms with Gasteiger partial charge in [0.2, 0.25) is 0 Å². The van der Waals surface area contributed by atoms with E-state index in [0.717, 1.165) is 50.0 Å². The molecule has 5 nitrogen and oxygen atoms in total. The van der Waals surface area contributed by atoms with Gasteiger partial charge in [-0.1, -0.05) is 40.2 Å². The van der Waals surface area contributed by atoms with Crippen molar-refractivity contribution in [2.24, 2.45) is 23.7 Å². The zero-order chi connectivity index (χ0) is 23.2. The Morgan fingerprint density at radius 3 is 2.35 bits per heavy atom. The van der Waals surface area contributed by atoms with Crippen molar-refractivity contribution in [3.05, 3.63) is 23.8 Å². The van der Waals surface area contributed by atoms with Gasteiger partial charge in [-0.05, 0) is 67.1 Å². The smallest absolute Gasteiger partial charge is 0.303 e. The first kappa shape index (κ1) is 27.3. The van der Waals surface area contributed by atoms with Gasteiger partial charge in [-0.3, -0.25) is 4.79 Å². The first-order valence-corrected chi connectivity index (χ1v) is 11.8. The second-order valence-electron chi connectivity index (χ2n) is 9.06. The van der Waals surface area contributed by atoms with Crippen LogP contribution in [0.15, 0.2) is 18.2 Å². The molecule has 0 heterocycles. The summed E-state index contributed by atoms with van der Waals surface area (Å²) in [7, 11) is 3.36. The van der Waals surface area contributed by atoms with Crippen molar-refractivity contribution in [3.8, 4) is 11.5 Å². The number of carboxylic acid groups (broad SMARTS) is 1. The van der Waals surface area contributed by atoms with Crippen molar-refractivity contribution >= 4 is 5.97 Å². The van der Waals surface area contributed by atoms with Crippen molar-refractivity contribution in [2.45, 2.75) is 72.6 Å². The third-order valence-corrected chi connectivity index (χ3v) is 6.44. The molecule has 0 bridgehead atoms. The van der Waals surface area contributed by atoms with Crippen molar-refractivity contribution in [2.75, 3.05) is 27.4 Å². The summed E-state index contributed by atoms with van der Waals surface area (Å²) in [6.07, 6.45) is 6.10. The molecule has 0 amide bonds. The van der Waals surface area contributed by atoms with Gasteiger partial charge in [-0.15, -0.1) is 0 Å². The summed E-state index contributed by atoms with van der Waals surface area (Å²) < 4.78 is 16.5. The van der Waals surface area contributed by atoms with Crippen LogP contribution in [0, 0.1) is 23.7 Å². The summed E-state index contributed by atoms with van der Waals surface area (Å²) in [6.45, 7) is 10.4. The van der Waals surface area contributed by atoms with E-state index in [1.165, 1.54) is 5.56 Å². The molecule has 31 heavy (non-hydrogen) atoms. The lowest BCUT2D eigenvalue weighted by Crippen LogP contribution is -2.21. The Bertz CT molecular complexity index is 628. The standard InChI is InChI=1S/C26H44O5/c1-7-20(4)22(10-8-11-26(27)28)18-23(19(2)3)16-21-12-13-24(30-6)25(17-21)31-15-9-14-29-5/h12-13,17,19-20,22-23H,7-11,14-16,18H2,1-6H3,(H,27,28). The maximum absolute atomic E-state index is 11.0. The molecule has 178 valence electrons. The van der Waals surface area contributed by atoms with Crippen molar-refractivity contribution < 1.29 is 24.1 Å². The number of methoxy groups -OCH3 is 2. The van der Waals surface area contributed by atoms with Gasteiger partial charge in [-0.25, -0.2) is 0 Å². The maximum Gasteiger partial charge on any atom is 0.303 e. The van der Waals surface area contributed by atoms with Crippen molar-refractivity contribution in [1.29, 1.82) is 0 Å². The molecule has 0 aliphatic rings. The highest BCUT2D eigenvalue weighted by Crippen LogP contribution is 2.35. The van der Waals surface area contributed by atoms with Gasteiger partial charge in [0.05, 0.1) is 13.7 Å². The van der Waals surface area contributed by atoms with Crippen molar-refractivity contribution in [1.82, 2.24) is 0 Å². The zero-order valence-electron chi connectivity index (χ0n) is 20.5. The Labute approximate surface area is 189 Å². The predicted molar refractivity (Wildman–Crippen MR) is 126 cm³/mol. The molecule has 0 aliphatic heterocycles. The number of ether oxygens (including phenoxy) is 3. The largest absolute Gasteiger partial charge is 0.493 e. The number of hydrogen-bond donors (Lipinski definition) is 1. The minimum absolute atomic E-state index is 0.265. The van der Waals surface area contributed by atoms with Crippen LogP contribution in [0.3, 0.4) is 0 Å². The molecule has 1 aromatic rings. The van der Waals surface area contributed by atoms with Crippen molar-refractivity contribution in [3.63, 3.8) is 0 Å². The highest BCUT2D eigenvalue weighted by atomic mass is 16.5. The van der Waals surface area contributed by atoms with E-state index in [2.05, 4.69) is 39.8 Å². The number of carbonyl (C=O) groups is 1. The zero-order valence-corrected chi connectivity index (χ0v) is 20.5. The van der Waals surface area contributed by atoms with Crippen LogP contribution in [0.2, 0.25) is 0 Å². The molecular formula is C26H44O5. The fraction of sp³-hybridized carbons (Fsp3) is 0.731. The molecule has 0 fully saturated rings. The summed E-state index contributed by atoms with van der Waals surface area (Å²) in [5.41, 5.74) is 1.26. The van der Waals surface area contributed by atoms with E-state index >= 15 is 0 Å². The summed E-state index contributed by atoms with van der Waals surface area (Å²) in [4.78, 5) is 11.0. The topological polar surface area (TPSA) is 65.0 Å². The fourth-order valence-corrected chi connectivity index (χ4v) is 4.11. The molecule has 3 unspecified atom stereocenters. The van der Waals surface area contributed by atoms with Gasteiger partial charge in [0.15, 0.2) is 11.5 Å². The van der Waals surface area contributed by atoms with E-state index < -0.39 is 5.97 Å². The van der Waals surface area contributed by atoms with E-state index in [4.69, 9.17) is 19.3 Å². The van der Waals surface area contributed by atoms with E-state index in [0.29, 0.717) is 36.9 Å². The quantitative estimate of drug-likeness (QED) is 0.293. The lowest BCUT2D eigenvalue weighted by Gasteiger charge is -2.30. The van der Waals surface area contributed by atoms with E-state index in [1.54, 1.807) is 14.2 Å². The third kappa shape index (κ3) is 10.4. The highest BCUT2D eigenvalue weighted by molar-refractivity contribution is 5.66. The van der Waals surface area contributed by atoms with Gasteiger partial charge in [0.25, 0.3) is 0 Å². The second-order valence-corrected chi connectivity index (χ2v) is 9.06. The van der Waals surface area contributed by atoms with Gasteiger partial charge in [0.1, 0.15) is 0 Å². The Morgan fingerprint density at radius 2 is 1.77 bits per heavy atom. The fourth-order valence-electron chi connectivity index (χ4n) is 4.11. The van der Waals surface area contributed by atoms with Crippen LogP contribution in [0.5, 0.6) is 11.5 Å². The molecule has 0 radical (unpaired) electrons. The maximum atomic E-state index is 11.0. The lowest BCUT2D eigenvalue weighted by atomic mass is 9.75. The average molecular weight is 437 g/mol. The van der Waals surface area contributed by atoms with E-state index in [9.17, 15) is 4.79 Å². The molecule has 0 saturated carbocycles. The van der Waals surface area contributed by atoms with Crippen LogP contribution in [-0.4, -0.2) is 38.5 Å². The Hall–Kier alpha value is -1.75. The minimum atomic E-state index is -0.695. The molecule has 3 atom stereocenters. The average Bonchev–Trinajstić information content (AvgIpc) is 2.74. The summed E-state index contributed by atoms with van der Waals surface area (Å²) in [5.74, 6) is 3.11. The number of rotatable bonds is 17. The molecule has 1 N–H and O–H groups in total. The SMILES string of the molecule is CCC(C)C(CCCC(=O)O)CC(Cc1ccc(OC)c(OCCCOC)c1)C(C)C. The summed E-state index contributed by atoms with van der Waals surface area (Å²) >= 11 is 0. The second kappa shape index (κ2) is 15.1. The molecule has 1 aromatic carbocycles. The molecule has 0 saturated heterocycles. The minimum Gasteiger partial charge on any atom is -0.493 e. The highest BCUT2D eigenvalue weighted by Gasteiger charge is 2.24. The van der Waals surface area contributed by atoms with E-state index in [-0.39, 0.29) is 6.42 Å². The van der Waals surface area contributed by atoms with Crippen LogP contribution >= 0.6 is 0 Å².